The second kappa shape index (κ2) is 13.1. The number of nitrogens with zero attached hydrogens (tertiary/aromatic N) is 1. The molecule has 7 heteroatoms. The first kappa shape index (κ1) is 37.1. The van der Waals surface area contributed by atoms with E-state index in [9.17, 15) is 28.4 Å². The lowest BCUT2D eigenvalue weighted by molar-refractivity contribution is -0.156. The van der Waals surface area contributed by atoms with Crippen LogP contribution in [0.15, 0.2) is 11.6 Å². The largest absolute Gasteiger partial charge is 0.350 e. The number of amides is 1. The first-order valence-electron chi connectivity index (χ1n) is 16.2. The first-order valence-corrected chi connectivity index (χ1v) is 16.2. The number of ketones is 2. The van der Waals surface area contributed by atoms with Crippen LogP contribution in [0.3, 0.4) is 0 Å². The maximum atomic E-state index is 13.3. The van der Waals surface area contributed by atoms with E-state index in [0.29, 0.717) is 6.42 Å². The van der Waals surface area contributed by atoms with Crippen LogP contribution >= 0.6 is 0 Å². The molecule has 0 aromatic carbocycles. The van der Waals surface area contributed by atoms with E-state index in [2.05, 4.69) is 66.8 Å². The SMILES string of the molecule is CCC(C)(C)CC[C@@](C)(CCC(C)(C)[C@]1(C)CC[C@H]2C(C)(C)C(=O)C(C#N)=C[C@]2(C)[C@H]1CC(C)=O)CC(=O)NCC(F)F. The minimum atomic E-state index is -2.58. The van der Waals surface area contributed by atoms with Crippen molar-refractivity contribution in [3.8, 4) is 6.07 Å². The van der Waals surface area contributed by atoms with Crippen LogP contribution < -0.4 is 5.32 Å². The van der Waals surface area contributed by atoms with E-state index in [0.717, 1.165) is 44.9 Å². The van der Waals surface area contributed by atoms with Crippen molar-refractivity contribution in [1.82, 2.24) is 5.32 Å². The van der Waals surface area contributed by atoms with Crippen LogP contribution in [0.5, 0.6) is 0 Å². The van der Waals surface area contributed by atoms with E-state index in [1.54, 1.807) is 6.92 Å². The molecule has 1 saturated carbocycles. The molecule has 0 aromatic heterocycles. The van der Waals surface area contributed by atoms with Gasteiger partial charge >= 0.3 is 0 Å². The molecule has 2 aliphatic carbocycles. The quantitative estimate of drug-likeness (QED) is 0.215. The predicted molar refractivity (Wildman–Crippen MR) is 168 cm³/mol. The van der Waals surface area contributed by atoms with Crippen molar-refractivity contribution in [2.45, 2.75) is 140 Å². The summed E-state index contributed by atoms with van der Waals surface area (Å²) in [6, 6.07) is 2.16. The molecular formula is C36H58F2N2O3. The van der Waals surface area contributed by atoms with Crippen molar-refractivity contribution in [2.75, 3.05) is 6.54 Å². The van der Waals surface area contributed by atoms with Crippen molar-refractivity contribution in [1.29, 1.82) is 5.26 Å². The summed E-state index contributed by atoms with van der Waals surface area (Å²) in [6.07, 6.45) is 5.80. The number of hydrogen-bond acceptors (Lipinski definition) is 4. The molecule has 2 aliphatic rings. The van der Waals surface area contributed by atoms with Gasteiger partial charge in [0, 0.05) is 18.3 Å². The standard InChI is InChI=1S/C36H58F2N2O3/c1-12-31(3,4)15-17-34(9,21-29(42)40-23-28(37)38)18-16-32(5,6)36(11)14-13-26-33(7,8)30(43)25(22-39)20-35(26,10)27(36)19-24(2)41/h20,26-28H,12-19,21,23H2,1-11H3,(H,40,42)/t26-,27+,34-,35-,36+/m0/s1. The number of nitrogens with one attached hydrogen (secondary N) is 1. The Labute approximate surface area is 260 Å². The molecule has 1 amide bonds. The summed E-state index contributed by atoms with van der Waals surface area (Å²) in [6.45, 7) is 22.5. The molecule has 0 bridgehead atoms. The normalized spacial score (nSPS) is 28.9. The molecule has 1 N–H and O–H groups in total. The molecule has 0 radical (unpaired) electrons. The Morgan fingerprint density at radius 2 is 1.65 bits per heavy atom. The monoisotopic (exact) mass is 604 g/mol. The lowest BCUT2D eigenvalue weighted by atomic mass is 9.39. The second-order valence-corrected chi connectivity index (χ2v) is 16.6. The molecule has 2 rings (SSSR count). The topological polar surface area (TPSA) is 87.0 Å². The average Bonchev–Trinajstić information content (AvgIpc) is 2.89. The number of fused-ring (bicyclic) bond motifs is 1. The maximum absolute atomic E-state index is 13.3. The molecule has 1 fully saturated rings. The molecule has 0 saturated heterocycles. The number of Topliss-reactive ketones (excluding diaryl/α,β-unsaturated/α-hetero) is 2. The molecule has 0 aliphatic heterocycles. The zero-order valence-electron chi connectivity index (χ0n) is 28.8. The van der Waals surface area contributed by atoms with Crippen LogP contribution in [0.1, 0.15) is 134 Å². The number of alkyl halides is 2. The summed E-state index contributed by atoms with van der Waals surface area (Å²) in [5.74, 6) is -0.429. The minimum Gasteiger partial charge on any atom is -0.350 e. The van der Waals surface area contributed by atoms with Crippen molar-refractivity contribution in [3.63, 3.8) is 0 Å². The highest BCUT2D eigenvalue weighted by Crippen LogP contribution is 2.68. The predicted octanol–water partition coefficient (Wildman–Crippen LogP) is 8.86. The number of halogens is 2. The summed E-state index contributed by atoms with van der Waals surface area (Å²) in [4.78, 5) is 38.9. The Kier molecular flexibility index (Phi) is 11.3. The van der Waals surface area contributed by atoms with E-state index < -0.39 is 23.8 Å². The Bertz CT molecular complexity index is 1130. The lowest BCUT2D eigenvalue weighted by Gasteiger charge is -2.64. The van der Waals surface area contributed by atoms with E-state index >= 15 is 0 Å². The molecule has 0 heterocycles. The number of hydrogen-bond donors (Lipinski definition) is 1. The van der Waals surface area contributed by atoms with Gasteiger partial charge in [-0.25, -0.2) is 8.78 Å². The van der Waals surface area contributed by atoms with Crippen LogP contribution in [0.25, 0.3) is 0 Å². The maximum Gasteiger partial charge on any atom is 0.255 e. The third-order valence-electron chi connectivity index (χ3n) is 12.3. The third-order valence-corrected chi connectivity index (χ3v) is 12.3. The Morgan fingerprint density at radius 3 is 2.16 bits per heavy atom. The van der Waals surface area contributed by atoms with Gasteiger partial charge < -0.3 is 10.1 Å². The van der Waals surface area contributed by atoms with Gasteiger partial charge in [0.25, 0.3) is 6.43 Å². The van der Waals surface area contributed by atoms with Crippen LogP contribution in [-0.4, -0.2) is 30.4 Å². The van der Waals surface area contributed by atoms with Gasteiger partial charge in [-0.05, 0) is 84.4 Å². The van der Waals surface area contributed by atoms with Gasteiger partial charge in [-0.2, -0.15) is 5.26 Å². The zero-order valence-corrected chi connectivity index (χ0v) is 28.8. The molecule has 0 unspecified atom stereocenters. The molecular weight excluding hydrogens is 546 g/mol. The smallest absolute Gasteiger partial charge is 0.255 e. The number of carbonyl (C=O) groups excluding carboxylic acids is 3. The zero-order chi connectivity index (χ0) is 33.2. The Morgan fingerprint density at radius 1 is 1.07 bits per heavy atom. The molecule has 0 spiro atoms. The van der Waals surface area contributed by atoms with Gasteiger partial charge in [0.15, 0.2) is 5.78 Å². The van der Waals surface area contributed by atoms with Crippen LogP contribution in [0.2, 0.25) is 0 Å². The highest BCUT2D eigenvalue weighted by molar-refractivity contribution is 6.04. The van der Waals surface area contributed by atoms with Crippen molar-refractivity contribution in [3.05, 3.63) is 11.6 Å². The number of nitriles is 1. The number of rotatable bonds is 14. The average molecular weight is 605 g/mol. The molecule has 5 nitrogen and oxygen atoms in total. The van der Waals surface area contributed by atoms with E-state index in [1.807, 2.05) is 19.9 Å². The number of carbonyl (C=O) groups is 3. The van der Waals surface area contributed by atoms with Gasteiger partial charge in [-0.15, -0.1) is 0 Å². The highest BCUT2D eigenvalue weighted by atomic mass is 19.3. The molecule has 43 heavy (non-hydrogen) atoms. The Hall–Kier alpha value is -2.10. The van der Waals surface area contributed by atoms with Crippen LogP contribution in [0.4, 0.5) is 8.78 Å². The molecule has 5 atom stereocenters. The van der Waals surface area contributed by atoms with Crippen LogP contribution in [0, 0.1) is 55.7 Å². The van der Waals surface area contributed by atoms with Crippen LogP contribution in [-0.2, 0) is 14.4 Å². The first-order chi connectivity index (χ1) is 19.5. The summed E-state index contributed by atoms with van der Waals surface area (Å²) in [7, 11) is 0. The fourth-order valence-electron chi connectivity index (χ4n) is 8.37. The van der Waals surface area contributed by atoms with Gasteiger partial charge in [0.1, 0.15) is 11.9 Å². The van der Waals surface area contributed by atoms with E-state index in [-0.39, 0.29) is 63.0 Å². The molecule has 0 aromatic rings. The third kappa shape index (κ3) is 7.95. The summed E-state index contributed by atoms with van der Waals surface area (Å²) in [5, 5.41) is 12.3. The fraction of sp³-hybridized carbons (Fsp3) is 0.833. The van der Waals surface area contributed by atoms with E-state index in [4.69, 9.17) is 0 Å². The van der Waals surface area contributed by atoms with Gasteiger partial charge in [-0.1, -0.05) is 81.7 Å². The van der Waals surface area contributed by atoms with Gasteiger partial charge in [0.2, 0.25) is 5.91 Å². The fourth-order valence-corrected chi connectivity index (χ4v) is 8.37. The highest BCUT2D eigenvalue weighted by Gasteiger charge is 2.63. The summed E-state index contributed by atoms with van der Waals surface area (Å²) < 4.78 is 25.7. The molecule has 244 valence electrons. The Balaban J connectivity index is 2.49. The summed E-state index contributed by atoms with van der Waals surface area (Å²) in [5.41, 5.74) is -1.84. The second-order valence-electron chi connectivity index (χ2n) is 16.6. The lowest BCUT2D eigenvalue weighted by Crippen LogP contribution is -2.60. The number of allylic oxidation sites excluding steroid dienone is 2. The summed E-state index contributed by atoms with van der Waals surface area (Å²) >= 11 is 0. The van der Waals surface area contributed by atoms with Crippen molar-refractivity contribution >= 4 is 17.5 Å². The van der Waals surface area contributed by atoms with Crippen molar-refractivity contribution in [2.24, 2.45) is 44.3 Å². The minimum absolute atomic E-state index is 0.0119. The van der Waals surface area contributed by atoms with Gasteiger partial charge in [-0.3, -0.25) is 9.59 Å². The van der Waals surface area contributed by atoms with E-state index in [1.165, 1.54) is 0 Å². The van der Waals surface area contributed by atoms with Gasteiger partial charge in [0.05, 0.1) is 12.1 Å². The van der Waals surface area contributed by atoms with Crippen molar-refractivity contribution < 1.29 is 23.2 Å².